The van der Waals surface area contributed by atoms with Crippen molar-refractivity contribution in [3.8, 4) is 0 Å². The number of aromatic amines is 1. The molecule has 4 nitrogen and oxygen atoms in total. The van der Waals surface area contributed by atoms with E-state index in [0.29, 0.717) is 0 Å². The zero-order valence-corrected chi connectivity index (χ0v) is 6.54. The second-order valence-corrected chi connectivity index (χ2v) is 3.07. The zero-order valence-electron chi connectivity index (χ0n) is 6.54. The predicted molar refractivity (Wildman–Crippen MR) is 43.7 cm³/mol. The SMILES string of the molecule is c1nc2c3c(n[nH]c3n1)CCC2. The minimum Gasteiger partial charge on any atom is -0.260 e. The number of H-pyrrole nitrogens is 1. The molecule has 60 valence electrons. The van der Waals surface area contributed by atoms with Gasteiger partial charge in [0.2, 0.25) is 0 Å². The summed E-state index contributed by atoms with van der Waals surface area (Å²) in [4.78, 5) is 8.35. The Morgan fingerprint density at radius 2 is 2.08 bits per heavy atom. The van der Waals surface area contributed by atoms with Gasteiger partial charge in [-0.2, -0.15) is 5.10 Å². The lowest BCUT2D eigenvalue weighted by Gasteiger charge is -2.07. The van der Waals surface area contributed by atoms with Crippen LogP contribution in [-0.2, 0) is 12.8 Å². The summed E-state index contributed by atoms with van der Waals surface area (Å²) < 4.78 is 0. The number of aromatic nitrogens is 4. The predicted octanol–water partition coefficient (Wildman–Crippen LogP) is 0.842. The van der Waals surface area contributed by atoms with Crippen LogP contribution in [0, 0.1) is 0 Å². The van der Waals surface area contributed by atoms with Crippen molar-refractivity contribution >= 4 is 11.0 Å². The summed E-state index contributed by atoms with van der Waals surface area (Å²) in [5.74, 6) is 0. The van der Waals surface area contributed by atoms with Crippen molar-refractivity contribution in [1.82, 2.24) is 20.2 Å². The third kappa shape index (κ3) is 0.642. The Balaban J connectivity index is 2.50. The molecule has 0 saturated heterocycles. The first-order valence-electron chi connectivity index (χ1n) is 4.12. The molecule has 1 aliphatic carbocycles. The molecule has 0 aliphatic heterocycles. The quantitative estimate of drug-likeness (QED) is 0.621. The molecular formula is C8H8N4. The van der Waals surface area contributed by atoms with Crippen molar-refractivity contribution in [2.75, 3.05) is 0 Å². The highest BCUT2D eigenvalue weighted by atomic mass is 15.2. The molecule has 2 aromatic heterocycles. The molecule has 0 atom stereocenters. The van der Waals surface area contributed by atoms with E-state index in [0.717, 1.165) is 41.7 Å². The number of hydrogen-bond acceptors (Lipinski definition) is 3. The summed E-state index contributed by atoms with van der Waals surface area (Å²) in [6, 6.07) is 0. The van der Waals surface area contributed by atoms with Gasteiger partial charge in [-0.25, -0.2) is 9.97 Å². The van der Waals surface area contributed by atoms with Crippen molar-refractivity contribution in [1.29, 1.82) is 0 Å². The second kappa shape index (κ2) is 2.03. The molecule has 1 N–H and O–H groups in total. The van der Waals surface area contributed by atoms with Crippen LogP contribution in [0.25, 0.3) is 11.0 Å². The molecule has 0 fully saturated rings. The number of rotatable bonds is 0. The van der Waals surface area contributed by atoms with Crippen LogP contribution in [0.1, 0.15) is 17.8 Å². The number of nitrogens with one attached hydrogen (secondary N) is 1. The smallest absolute Gasteiger partial charge is 0.159 e. The van der Waals surface area contributed by atoms with Gasteiger partial charge in [-0.3, -0.25) is 5.10 Å². The largest absolute Gasteiger partial charge is 0.260 e. The van der Waals surface area contributed by atoms with Gasteiger partial charge in [0.05, 0.1) is 16.8 Å². The number of hydrogen-bond donors (Lipinski definition) is 1. The highest BCUT2D eigenvalue weighted by Gasteiger charge is 2.16. The van der Waals surface area contributed by atoms with Gasteiger partial charge in [-0.1, -0.05) is 0 Å². The normalized spacial score (nSPS) is 15.3. The van der Waals surface area contributed by atoms with Gasteiger partial charge < -0.3 is 0 Å². The van der Waals surface area contributed by atoms with Crippen LogP contribution in [0.3, 0.4) is 0 Å². The molecule has 3 rings (SSSR count). The first-order chi connectivity index (χ1) is 5.95. The van der Waals surface area contributed by atoms with Crippen LogP contribution in [0.4, 0.5) is 0 Å². The molecule has 0 bridgehead atoms. The highest BCUT2D eigenvalue weighted by molar-refractivity contribution is 5.80. The van der Waals surface area contributed by atoms with Crippen molar-refractivity contribution < 1.29 is 0 Å². The lowest BCUT2D eigenvalue weighted by atomic mass is 10.0. The molecule has 0 aromatic carbocycles. The number of aryl methyl sites for hydroxylation is 2. The maximum atomic E-state index is 4.24. The van der Waals surface area contributed by atoms with Gasteiger partial charge >= 0.3 is 0 Å². The lowest BCUT2D eigenvalue weighted by Crippen LogP contribution is -2.01. The van der Waals surface area contributed by atoms with E-state index in [9.17, 15) is 0 Å². The van der Waals surface area contributed by atoms with Gasteiger partial charge in [0.1, 0.15) is 6.33 Å². The van der Waals surface area contributed by atoms with Crippen molar-refractivity contribution in [2.45, 2.75) is 19.3 Å². The number of nitrogens with zero attached hydrogens (tertiary/aromatic N) is 3. The maximum absolute atomic E-state index is 4.24. The molecule has 0 saturated carbocycles. The lowest BCUT2D eigenvalue weighted by molar-refractivity contribution is 0.763. The monoisotopic (exact) mass is 160 g/mol. The molecule has 12 heavy (non-hydrogen) atoms. The summed E-state index contributed by atoms with van der Waals surface area (Å²) in [5.41, 5.74) is 3.16. The fourth-order valence-corrected chi connectivity index (χ4v) is 1.78. The second-order valence-electron chi connectivity index (χ2n) is 3.07. The molecule has 2 aromatic rings. The molecule has 0 unspecified atom stereocenters. The Morgan fingerprint density at radius 3 is 3.08 bits per heavy atom. The summed E-state index contributed by atoms with van der Waals surface area (Å²) >= 11 is 0. The minimum atomic E-state index is 0.884. The van der Waals surface area contributed by atoms with Gasteiger partial charge in [0.15, 0.2) is 5.65 Å². The molecule has 1 aliphatic rings. The van der Waals surface area contributed by atoms with Crippen molar-refractivity contribution in [3.63, 3.8) is 0 Å². The summed E-state index contributed by atoms with van der Waals surface area (Å²) in [6.07, 6.45) is 4.88. The van der Waals surface area contributed by atoms with E-state index in [4.69, 9.17) is 0 Å². The van der Waals surface area contributed by atoms with E-state index >= 15 is 0 Å². The van der Waals surface area contributed by atoms with Crippen molar-refractivity contribution in [2.24, 2.45) is 0 Å². The zero-order chi connectivity index (χ0) is 7.97. The van der Waals surface area contributed by atoms with Crippen LogP contribution < -0.4 is 0 Å². The summed E-state index contributed by atoms with van der Waals surface area (Å²) in [7, 11) is 0. The molecule has 0 amide bonds. The third-order valence-corrected chi connectivity index (χ3v) is 2.34. The molecule has 2 heterocycles. The van der Waals surface area contributed by atoms with Gasteiger partial charge in [0, 0.05) is 0 Å². The van der Waals surface area contributed by atoms with Crippen LogP contribution in [0.15, 0.2) is 6.33 Å². The Kier molecular flexibility index (Phi) is 1.03. The Morgan fingerprint density at radius 1 is 1.17 bits per heavy atom. The minimum absolute atomic E-state index is 0.884. The molecule has 0 radical (unpaired) electrons. The Labute approximate surface area is 69.0 Å². The van der Waals surface area contributed by atoms with Crippen molar-refractivity contribution in [3.05, 3.63) is 17.7 Å². The van der Waals surface area contributed by atoms with E-state index < -0.39 is 0 Å². The van der Waals surface area contributed by atoms with Crippen LogP contribution in [0.5, 0.6) is 0 Å². The average Bonchev–Trinajstić information content (AvgIpc) is 2.52. The van der Waals surface area contributed by atoms with Crippen LogP contribution >= 0.6 is 0 Å². The molecular weight excluding hydrogens is 152 g/mol. The van der Waals surface area contributed by atoms with Gasteiger partial charge in [0.25, 0.3) is 0 Å². The molecule has 0 spiro atoms. The Hall–Kier alpha value is -1.45. The average molecular weight is 160 g/mol. The highest BCUT2D eigenvalue weighted by Crippen LogP contribution is 2.23. The fourth-order valence-electron chi connectivity index (χ4n) is 1.78. The van der Waals surface area contributed by atoms with Crippen LogP contribution in [0.2, 0.25) is 0 Å². The first kappa shape index (κ1) is 6.11. The summed E-state index contributed by atoms with van der Waals surface area (Å²) in [6.45, 7) is 0. The topological polar surface area (TPSA) is 54.5 Å². The van der Waals surface area contributed by atoms with E-state index in [1.165, 1.54) is 0 Å². The van der Waals surface area contributed by atoms with Gasteiger partial charge in [-0.05, 0) is 19.3 Å². The third-order valence-electron chi connectivity index (χ3n) is 2.34. The van der Waals surface area contributed by atoms with E-state index in [2.05, 4.69) is 20.2 Å². The molecule has 4 heteroatoms. The first-order valence-corrected chi connectivity index (χ1v) is 4.12. The van der Waals surface area contributed by atoms with Crippen LogP contribution in [-0.4, -0.2) is 20.2 Å². The van der Waals surface area contributed by atoms with Gasteiger partial charge in [-0.15, -0.1) is 0 Å². The Bertz CT molecular complexity index is 432. The van der Waals surface area contributed by atoms with E-state index in [1.54, 1.807) is 6.33 Å². The maximum Gasteiger partial charge on any atom is 0.159 e. The van der Waals surface area contributed by atoms with E-state index in [1.807, 2.05) is 0 Å². The van der Waals surface area contributed by atoms with E-state index in [-0.39, 0.29) is 0 Å². The standard InChI is InChI=1S/C8H8N4/c1-2-5-7-6(3-1)11-12-8(7)10-4-9-5/h4H,1-3H2,(H,9,10,11,12). The summed E-state index contributed by atoms with van der Waals surface area (Å²) in [5, 5.41) is 8.27. The fraction of sp³-hybridized carbons (Fsp3) is 0.375.